The van der Waals surface area contributed by atoms with Crippen LogP contribution in [0.5, 0.6) is 5.75 Å². The van der Waals surface area contributed by atoms with E-state index in [0.717, 1.165) is 51.7 Å². The first-order chi connectivity index (χ1) is 17.2. The molecule has 1 saturated carbocycles. The van der Waals surface area contributed by atoms with E-state index in [2.05, 4.69) is 23.2 Å². The summed E-state index contributed by atoms with van der Waals surface area (Å²) in [4.78, 5) is 14.1. The highest BCUT2D eigenvalue weighted by molar-refractivity contribution is 5.79. The fraction of sp³-hybridized carbons (Fsp3) is 0.483. The highest BCUT2D eigenvalue weighted by Crippen LogP contribution is 2.43. The Morgan fingerprint density at radius 2 is 1.89 bits per heavy atom. The number of nitrogens with zero attached hydrogens (tertiary/aromatic N) is 1. The van der Waals surface area contributed by atoms with Crippen molar-refractivity contribution in [2.45, 2.75) is 57.7 Å². The molecule has 0 atom stereocenters. The third kappa shape index (κ3) is 5.03. The molecule has 1 heterocycles. The number of allylic oxidation sites excluding steroid dienone is 1. The summed E-state index contributed by atoms with van der Waals surface area (Å²) in [5, 5.41) is 2.72. The van der Waals surface area contributed by atoms with Crippen molar-refractivity contribution in [1.29, 1.82) is 0 Å². The summed E-state index contributed by atoms with van der Waals surface area (Å²) < 4.78 is 47.0. The van der Waals surface area contributed by atoms with E-state index in [9.17, 15) is 18.0 Å². The van der Waals surface area contributed by atoms with Crippen LogP contribution < -0.4 is 10.1 Å². The van der Waals surface area contributed by atoms with Crippen molar-refractivity contribution in [3.63, 3.8) is 0 Å². The number of aryl methyl sites for hydroxylation is 1. The van der Waals surface area contributed by atoms with Crippen molar-refractivity contribution in [2.75, 3.05) is 26.7 Å². The molecular formula is C29H33F3N2O2. The number of rotatable bonds is 7. The van der Waals surface area contributed by atoms with Crippen molar-refractivity contribution in [1.82, 2.24) is 10.2 Å². The van der Waals surface area contributed by atoms with Gasteiger partial charge in [0.15, 0.2) is 0 Å². The number of alkyl halides is 3. The number of amides is 1. The molecular weight excluding hydrogens is 465 g/mol. The standard InChI is InChI=1S/C29H33F3N2O2/c1-18-22(14-34-15-23(16-34)28(35)33-2)8-7-21-13-24(9-11-25(18)21)36-17-19-6-10-26(20-4-3-5-20)27(12-19)29(30,31)32/h6,9-13,20,23H,3-5,7-8,14-17H2,1-2H3,(H,33,35). The molecule has 0 bridgehead atoms. The van der Waals surface area contributed by atoms with Gasteiger partial charge in [-0.2, -0.15) is 13.2 Å². The van der Waals surface area contributed by atoms with Crippen LogP contribution in [0.1, 0.15) is 66.3 Å². The molecule has 7 heteroatoms. The first-order valence-electron chi connectivity index (χ1n) is 12.8. The SMILES string of the molecule is CNC(=O)C1CN(CC2=C(C)c3ccc(OCc4ccc(C5CCC5)c(C(F)(F)F)c4)cc3CC2)C1. The second-order valence-corrected chi connectivity index (χ2v) is 10.4. The summed E-state index contributed by atoms with van der Waals surface area (Å²) in [7, 11) is 1.68. The van der Waals surface area contributed by atoms with Gasteiger partial charge in [0.05, 0.1) is 11.5 Å². The number of hydrogen-bond donors (Lipinski definition) is 1. The van der Waals surface area contributed by atoms with Crippen LogP contribution >= 0.6 is 0 Å². The molecule has 2 fully saturated rings. The lowest BCUT2D eigenvalue weighted by molar-refractivity contribution is -0.138. The topological polar surface area (TPSA) is 41.6 Å². The van der Waals surface area contributed by atoms with E-state index >= 15 is 0 Å². The minimum Gasteiger partial charge on any atom is -0.489 e. The number of benzene rings is 2. The van der Waals surface area contributed by atoms with E-state index in [1.54, 1.807) is 19.2 Å². The monoisotopic (exact) mass is 498 g/mol. The number of ether oxygens (including phenoxy) is 1. The highest BCUT2D eigenvalue weighted by Gasteiger charge is 2.37. The molecule has 0 spiro atoms. The number of nitrogens with one attached hydrogen (secondary N) is 1. The molecule has 3 aliphatic rings. The van der Waals surface area contributed by atoms with Gasteiger partial charge >= 0.3 is 6.18 Å². The van der Waals surface area contributed by atoms with Crippen LogP contribution in [0, 0.1) is 5.92 Å². The molecule has 2 aromatic rings. The Hall–Kier alpha value is -2.80. The molecule has 0 unspecified atom stereocenters. The minimum atomic E-state index is -4.35. The molecule has 2 aromatic carbocycles. The van der Waals surface area contributed by atoms with Crippen LogP contribution in [0.15, 0.2) is 42.0 Å². The van der Waals surface area contributed by atoms with Gasteiger partial charge in [0.2, 0.25) is 5.91 Å². The summed E-state index contributed by atoms with van der Waals surface area (Å²) in [5.41, 5.74) is 5.52. The molecule has 0 aromatic heterocycles. The van der Waals surface area contributed by atoms with Crippen LogP contribution in [0.3, 0.4) is 0 Å². The maximum atomic E-state index is 13.7. The molecule has 4 nitrogen and oxygen atoms in total. The van der Waals surface area contributed by atoms with Crippen LogP contribution in [0.25, 0.3) is 5.57 Å². The van der Waals surface area contributed by atoms with Gasteiger partial charge in [-0.1, -0.05) is 30.2 Å². The highest BCUT2D eigenvalue weighted by atomic mass is 19.4. The van der Waals surface area contributed by atoms with E-state index in [1.807, 2.05) is 12.1 Å². The molecule has 1 N–H and O–H groups in total. The Balaban J connectivity index is 1.24. The maximum Gasteiger partial charge on any atom is 0.416 e. The van der Waals surface area contributed by atoms with Gasteiger partial charge in [0.25, 0.3) is 0 Å². The number of hydrogen-bond acceptors (Lipinski definition) is 3. The zero-order valence-corrected chi connectivity index (χ0v) is 20.9. The third-order valence-electron chi connectivity index (χ3n) is 8.07. The Bertz CT molecular complexity index is 1180. The lowest BCUT2D eigenvalue weighted by Crippen LogP contribution is -2.53. The van der Waals surface area contributed by atoms with Crippen LogP contribution in [-0.2, 0) is 24.0 Å². The summed E-state index contributed by atoms with van der Waals surface area (Å²) in [6, 6.07) is 10.7. The number of carbonyl (C=O) groups excluding carboxylic acids is 1. The van der Waals surface area contributed by atoms with E-state index in [0.29, 0.717) is 16.9 Å². The van der Waals surface area contributed by atoms with Gasteiger partial charge in [-0.25, -0.2) is 0 Å². The van der Waals surface area contributed by atoms with E-state index in [1.165, 1.54) is 28.3 Å². The van der Waals surface area contributed by atoms with E-state index in [-0.39, 0.29) is 24.3 Å². The number of carbonyl (C=O) groups is 1. The lowest BCUT2D eigenvalue weighted by atomic mass is 9.78. The summed E-state index contributed by atoms with van der Waals surface area (Å²) >= 11 is 0. The van der Waals surface area contributed by atoms with Crippen molar-refractivity contribution in [3.05, 3.63) is 69.8 Å². The number of halogens is 3. The van der Waals surface area contributed by atoms with Crippen LogP contribution in [0.2, 0.25) is 0 Å². The summed E-state index contributed by atoms with van der Waals surface area (Å²) in [6.45, 7) is 4.73. The van der Waals surface area contributed by atoms with Gasteiger partial charge in [-0.05, 0) is 84.6 Å². The minimum absolute atomic E-state index is 0.0248. The summed E-state index contributed by atoms with van der Waals surface area (Å²) in [6.07, 6.45) is 0.170. The Morgan fingerprint density at radius 3 is 2.56 bits per heavy atom. The van der Waals surface area contributed by atoms with Gasteiger partial charge in [0.1, 0.15) is 12.4 Å². The zero-order valence-electron chi connectivity index (χ0n) is 20.9. The molecule has 192 valence electrons. The number of likely N-dealkylation sites (tertiary alicyclic amines) is 1. The number of fused-ring (bicyclic) bond motifs is 1. The Labute approximate surface area is 210 Å². The molecule has 1 saturated heterocycles. The molecule has 5 rings (SSSR count). The fourth-order valence-corrected chi connectivity index (χ4v) is 5.61. The average Bonchev–Trinajstić information content (AvgIpc) is 2.79. The average molecular weight is 499 g/mol. The molecule has 36 heavy (non-hydrogen) atoms. The largest absolute Gasteiger partial charge is 0.489 e. The molecule has 2 aliphatic carbocycles. The lowest BCUT2D eigenvalue weighted by Gasteiger charge is -2.39. The third-order valence-corrected chi connectivity index (χ3v) is 8.07. The smallest absolute Gasteiger partial charge is 0.416 e. The first kappa shape index (κ1) is 24.9. The fourth-order valence-electron chi connectivity index (χ4n) is 5.61. The Morgan fingerprint density at radius 1 is 1.11 bits per heavy atom. The normalized spacial score (nSPS) is 18.9. The predicted octanol–water partition coefficient (Wildman–Crippen LogP) is 5.95. The molecule has 1 amide bonds. The van der Waals surface area contributed by atoms with Gasteiger partial charge < -0.3 is 10.1 Å². The van der Waals surface area contributed by atoms with Crippen molar-refractivity contribution in [3.8, 4) is 5.75 Å². The maximum absolute atomic E-state index is 13.7. The first-order valence-corrected chi connectivity index (χ1v) is 12.8. The molecule has 0 radical (unpaired) electrons. The molecule has 1 aliphatic heterocycles. The van der Waals surface area contributed by atoms with Gasteiger partial charge in [-0.15, -0.1) is 0 Å². The zero-order chi connectivity index (χ0) is 25.4. The summed E-state index contributed by atoms with van der Waals surface area (Å²) in [5.74, 6) is 0.907. The Kier molecular flexibility index (Phi) is 6.86. The predicted molar refractivity (Wildman–Crippen MR) is 134 cm³/mol. The second-order valence-electron chi connectivity index (χ2n) is 10.4. The van der Waals surface area contributed by atoms with Crippen LogP contribution in [-0.4, -0.2) is 37.5 Å². The van der Waals surface area contributed by atoms with Crippen LogP contribution in [0.4, 0.5) is 13.2 Å². The van der Waals surface area contributed by atoms with E-state index in [4.69, 9.17) is 4.74 Å². The van der Waals surface area contributed by atoms with Crippen molar-refractivity contribution >= 4 is 11.5 Å². The van der Waals surface area contributed by atoms with Crippen molar-refractivity contribution in [2.24, 2.45) is 5.92 Å². The van der Waals surface area contributed by atoms with Gasteiger partial charge in [-0.3, -0.25) is 9.69 Å². The quantitative estimate of drug-likeness (QED) is 0.513. The second kappa shape index (κ2) is 9.92. The van der Waals surface area contributed by atoms with Gasteiger partial charge in [0, 0.05) is 26.7 Å². The van der Waals surface area contributed by atoms with Crippen molar-refractivity contribution < 1.29 is 22.7 Å². The van der Waals surface area contributed by atoms with E-state index < -0.39 is 11.7 Å².